The first-order valence-corrected chi connectivity index (χ1v) is 8.45. The largest absolute Gasteiger partial charge is 0.362 e. The number of anilines is 1. The molecule has 2 heterocycles. The van der Waals surface area contributed by atoms with Crippen molar-refractivity contribution in [1.82, 2.24) is 15.8 Å². The summed E-state index contributed by atoms with van der Waals surface area (Å²) in [6.45, 7) is 1.03. The zero-order chi connectivity index (χ0) is 16.9. The van der Waals surface area contributed by atoms with Crippen LogP contribution in [0.4, 0.5) is 5.69 Å². The molecule has 0 radical (unpaired) electrons. The molecule has 0 unspecified atom stereocenters. The molecule has 2 aromatic rings. The van der Waals surface area contributed by atoms with Crippen LogP contribution in [0, 0.1) is 0 Å². The standard InChI is InChI=1S/C17H17BrN4O2/c18-14-8-13(9-19-10-14)17(24)21-20-16(23)11-22-7-3-5-12-4-1-2-6-15(12)22/h1-2,4,6,8-10H,3,5,7,11H2,(H,20,23)(H,21,24). The van der Waals surface area contributed by atoms with Crippen molar-refractivity contribution in [3.8, 4) is 0 Å². The van der Waals surface area contributed by atoms with Crippen LogP contribution < -0.4 is 15.8 Å². The first kappa shape index (κ1) is 16.4. The van der Waals surface area contributed by atoms with Gasteiger partial charge in [-0.05, 0) is 46.5 Å². The number of hydrazine groups is 1. The second-order valence-corrected chi connectivity index (χ2v) is 6.46. The molecule has 1 aromatic carbocycles. The summed E-state index contributed by atoms with van der Waals surface area (Å²) in [5, 5.41) is 0. The van der Waals surface area contributed by atoms with Gasteiger partial charge in [0.25, 0.3) is 11.8 Å². The molecule has 2 amide bonds. The van der Waals surface area contributed by atoms with Crippen molar-refractivity contribution < 1.29 is 9.59 Å². The Labute approximate surface area is 148 Å². The smallest absolute Gasteiger partial charge is 0.271 e. The monoisotopic (exact) mass is 388 g/mol. The van der Waals surface area contributed by atoms with E-state index in [9.17, 15) is 9.59 Å². The molecular weight excluding hydrogens is 372 g/mol. The van der Waals surface area contributed by atoms with E-state index in [0.717, 1.165) is 25.1 Å². The molecule has 6 nitrogen and oxygen atoms in total. The van der Waals surface area contributed by atoms with Crippen LogP contribution in [0.5, 0.6) is 0 Å². The van der Waals surface area contributed by atoms with E-state index in [-0.39, 0.29) is 12.5 Å². The number of aromatic nitrogens is 1. The van der Waals surface area contributed by atoms with Crippen LogP contribution >= 0.6 is 15.9 Å². The van der Waals surface area contributed by atoms with Gasteiger partial charge in [-0.2, -0.15) is 0 Å². The van der Waals surface area contributed by atoms with Gasteiger partial charge in [0, 0.05) is 29.1 Å². The average molecular weight is 389 g/mol. The molecule has 1 aliphatic rings. The summed E-state index contributed by atoms with van der Waals surface area (Å²) in [5.74, 6) is -0.667. The first-order valence-electron chi connectivity index (χ1n) is 7.66. The Hall–Kier alpha value is -2.41. The highest BCUT2D eigenvalue weighted by molar-refractivity contribution is 9.10. The Kier molecular flexibility index (Phi) is 5.10. The lowest BCUT2D eigenvalue weighted by molar-refractivity contribution is -0.120. The van der Waals surface area contributed by atoms with Crippen LogP contribution in [0.1, 0.15) is 22.3 Å². The molecule has 1 aromatic heterocycles. The third-order valence-electron chi connectivity index (χ3n) is 3.82. The summed E-state index contributed by atoms with van der Waals surface area (Å²) in [6, 6.07) is 9.72. The zero-order valence-electron chi connectivity index (χ0n) is 13.0. The number of halogens is 1. The maximum Gasteiger partial charge on any atom is 0.271 e. The normalized spacial score (nSPS) is 13.1. The van der Waals surface area contributed by atoms with Crippen molar-refractivity contribution in [2.45, 2.75) is 12.8 Å². The second-order valence-electron chi connectivity index (χ2n) is 5.55. The van der Waals surface area contributed by atoms with Gasteiger partial charge in [-0.3, -0.25) is 25.4 Å². The number of rotatable bonds is 3. The number of aryl methyl sites for hydroxylation is 1. The summed E-state index contributed by atoms with van der Waals surface area (Å²) in [7, 11) is 0. The van der Waals surface area contributed by atoms with Gasteiger partial charge in [0.15, 0.2) is 0 Å². The van der Waals surface area contributed by atoms with Crippen molar-refractivity contribution >= 4 is 33.4 Å². The number of hydrogen-bond acceptors (Lipinski definition) is 4. The number of amides is 2. The number of carbonyl (C=O) groups excluding carboxylic acids is 2. The molecule has 0 aliphatic carbocycles. The number of hydrogen-bond donors (Lipinski definition) is 2. The maximum atomic E-state index is 12.1. The van der Waals surface area contributed by atoms with E-state index in [0.29, 0.717) is 10.0 Å². The summed E-state index contributed by atoms with van der Waals surface area (Å²) in [5.41, 5.74) is 7.57. The lowest BCUT2D eigenvalue weighted by atomic mass is 10.0. The fourth-order valence-corrected chi connectivity index (χ4v) is 3.09. The molecule has 124 valence electrons. The van der Waals surface area contributed by atoms with E-state index < -0.39 is 5.91 Å². The number of para-hydroxylation sites is 1. The van der Waals surface area contributed by atoms with Gasteiger partial charge < -0.3 is 4.90 Å². The predicted octanol–water partition coefficient (Wildman–Crippen LogP) is 2.06. The Balaban J connectivity index is 1.56. The third kappa shape index (κ3) is 3.91. The van der Waals surface area contributed by atoms with E-state index in [1.54, 1.807) is 12.3 Å². The Bertz CT molecular complexity index is 766. The topological polar surface area (TPSA) is 74.3 Å². The molecule has 0 saturated heterocycles. The van der Waals surface area contributed by atoms with Gasteiger partial charge in [0.1, 0.15) is 0 Å². The molecule has 7 heteroatoms. The van der Waals surface area contributed by atoms with Crippen molar-refractivity contribution in [3.05, 3.63) is 58.3 Å². The first-order chi connectivity index (χ1) is 11.6. The van der Waals surface area contributed by atoms with Crippen molar-refractivity contribution in [2.24, 2.45) is 0 Å². The second kappa shape index (κ2) is 7.44. The van der Waals surface area contributed by atoms with Crippen LogP contribution in [-0.4, -0.2) is 29.9 Å². The lowest BCUT2D eigenvalue weighted by Crippen LogP contribution is -2.47. The third-order valence-corrected chi connectivity index (χ3v) is 4.26. The Morgan fingerprint density at radius 3 is 2.88 bits per heavy atom. The van der Waals surface area contributed by atoms with Crippen LogP contribution in [0.2, 0.25) is 0 Å². The molecule has 0 spiro atoms. The summed E-state index contributed by atoms with van der Waals surface area (Å²) >= 11 is 3.26. The quantitative estimate of drug-likeness (QED) is 0.789. The number of pyridine rings is 1. The van der Waals surface area contributed by atoms with Crippen molar-refractivity contribution in [1.29, 1.82) is 0 Å². The highest BCUT2D eigenvalue weighted by Gasteiger charge is 2.18. The van der Waals surface area contributed by atoms with E-state index in [1.165, 1.54) is 11.8 Å². The van der Waals surface area contributed by atoms with Crippen LogP contribution in [0.3, 0.4) is 0 Å². The predicted molar refractivity (Wildman–Crippen MR) is 94.5 cm³/mol. The van der Waals surface area contributed by atoms with E-state index in [1.807, 2.05) is 23.1 Å². The number of benzene rings is 1. The molecule has 0 saturated carbocycles. The number of fused-ring (bicyclic) bond motifs is 1. The minimum absolute atomic E-state index is 0.202. The molecule has 1 aliphatic heterocycles. The molecule has 24 heavy (non-hydrogen) atoms. The summed E-state index contributed by atoms with van der Waals surface area (Å²) < 4.78 is 0.700. The molecule has 0 bridgehead atoms. The van der Waals surface area contributed by atoms with Gasteiger partial charge in [-0.1, -0.05) is 18.2 Å². The minimum Gasteiger partial charge on any atom is -0.362 e. The van der Waals surface area contributed by atoms with Gasteiger partial charge in [0.05, 0.1) is 12.1 Å². The number of nitrogens with zero attached hydrogens (tertiary/aromatic N) is 2. The van der Waals surface area contributed by atoms with E-state index >= 15 is 0 Å². The molecule has 3 rings (SSSR count). The minimum atomic E-state index is -0.406. The van der Waals surface area contributed by atoms with Gasteiger partial charge >= 0.3 is 0 Å². The van der Waals surface area contributed by atoms with Gasteiger partial charge in [0.2, 0.25) is 0 Å². The van der Waals surface area contributed by atoms with Gasteiger partial charge in [-0.15, -0.1) is 0 Å². The van der Waals surface area contributed by atoms with E-state index in [2.05, 4.69) is 37.8 Å². The zero-order valence-corrected chi connectivity index (χ0v) is 14.5. The van der Waals surface area contributed by atoms with Gasteiger partial charge in [-0.25, -0.2) is 0 Å². The number of carbonyl (C=O) groups is 2. The molecule has 0 atom stereocenters. The number of nitrogens with one attached hydrogen (secondary N) is 2. The fourth-order valence-electron chi connectivity index (χ4n) is 2.72. The van der Waals surface area contributed by atoms with E-state index in [4.69, 9.17) is 0 Å². The SMILES string of the molecule is O=C(CN1CCCc2ccccc21)NNC(=O)c1cncc(Br)c1. The Morgan fingerprint density at radius 2 is 2.04 bits per heavy atom. The molecule has 2 N–H and O–H groups in total. The van der Waals surface area contributed by atoms with Crippen molar-refractivity contribution in [2.75, 3.05) is 18.0 Å². The molecule has 0 fully saturated rings. The van der Waals surface area contributed by atoms with Crippen LogP contribution in [0.25, 0.3) is 0 Å². The summed E-state index contributed by atoms with van der Waals surface area (Å²) in [4.78, 5) is 30.1. The maximum absolute atomic E-state index is 12.1. The van der Waals surface area contributed by atoms with Crippen LogP contribution in [-0.2, 0) is 11.2 Å². The molecular formula is C17H17BrN4O2. The lowest BCUT2D eigenvalue weighted by Gasteiger charge is -2.30. The van der Waals surface area contributed by atoms with Crippen LogP contribution in [0.15, 0.2) is 47.2 Å². The van der Waals surface area contributed by atoms with Crippen molar-refractivity contribution in [3.63, 3.8) is 0 Å². The average Bonchev–Trinajstić information content (AvgIpc) is 2.60. The summed E-state index contributed by atoms with van der Waals surface area (Å²) in [6.07, 6.45) is 5.07. The highest BCUT2D eigenvalue weighted by Crippen LogP contribution is 2.26. The Morgan fingerprint density at radius 1 is 1.21 bits per heavy atom. The fraction of sp³-hybridized carbons (Fsp3) is 0.235. The highest BCUT2D eigenvalue weighted by atomic mass is 79.9.